The first-order valence-electron chi connectivity index (χ1n) is 11.2. The predicted molar refractivity (Wildman–Crippen MR) is 120 cm³/mol. The van der Waals surface area contributed by atoms with Gasteiger partial charge in [0.05, 0.1) is 7.11 Å². The van der Waals surface area contributed by atoms with E-state index in [0.717, 1.165) is 25.7 Å². The third-order valence-electron chi connectivity index (χ3n) is 6.75. The molecule has 1 aliphatic heterocycles. The van der Waals surface area contributed by atoms with Gasteiger partial charge in [-0.15, -0.1) is 0 Å². The van der Waals surface area contributed by atoms with E-state index in [1.165, 1.54) is 47.8 Å². The Labute approximate surface area is 193 Å². The van der Waals surface area contributed by atoms with E-state index in [1.807, 2.05) is 0 Å². The summed E-state index contributed by atoms with van der Waals surface area (Å²) in [6.45, 7) is 0.918. The lowest BCUT2D eigenvalue weighted by molar-refractivity contribution is 0.0941. The zero-order valence-corrected chi connectivity index (χ0v) is 19.4. The van der Waals surface area contributed by atoms with Gasteiger partial charge in [-0.25, -0.2) is 17.2 Å². The summed E-state index contributed by atoms with van der Waals surface area (Å²) in [4.78, 5) is 12.9. The average Bonchev–Trinajstić information content (AvgIpc) is 3.50. The molecule has 1 saturated carbocycles. The molecule has 0 unspecified atom stereocenters. The van der Waals surface area contributed by atoms with Crippen LogP contribution in [0.25, 0.3) is 0 Å². The highest BCUT2D eigenvalue weighted by Crippen LogP contribution is 2.43. The molecule has 0 radical (unpaired) electrons. The molecule has 1 heterocycles. The zero-order chi connectivity index (χ0) is 23.6. The SMILES string of the molecule is COc1ccc(C(=O)NCC2(c3c(F)cccc3F)CCCC2)cc1S(=O)(=O)N1CCCC1. The molecule has 0 spiro atoms. The number of nitrogens with one attached hydrogen (secondary N) is 1. The van der Waals surface area contributed by atoms with Crippen LogP contribution in [0, 0.1) is 11.6 Å². The number of sulfonamides is 1. The molecule has 1 saturated heterocycles. The molecule has 1 N–H and O–H groups in total. The minimum absolute atomic E-state index is 0.00910. The number of methoxy groups -OCH3 is 1. The molecule has 2 aliphatic rings. The highest BCUT2D eigenvalue weighted by Gasteiger charge is 2.40. The molecule has 33 heavy (non-hydrogen) atoms. The van der Waals surface area contributed by atoms with Gasteiger partial charge in [-0.05, 0) is 56.0 Å². The van der Waals surface area contributed by atoms with Gasteiger partial charge in [0.25, 0.3) is 5.91 Å². The Balaban J connectivity index is 1.60. The predicted octanol–water partition coefficient (Wildman–Crippen LogP) is 4.00. The maximum absolute atomic E-state index is 14.6. The van der Waals surface area contributed by atoms with Crippen molar-refractivity contribution in [3.63, 3.8) is 0 Å². The Morgan fingerprint density at radius 2 is 1.70 bits per heavy atom. The van der Waals surface area contributed by atoms with Gasteiger partial charge in [-0.3, -0.25) is 4.79 Å². The Hall–Kier alpha value is -2.52. The zero-order valence-electron chi connectivity index (χ0n) is 18.6. The van der Waals surface area contributed by atoms with Crippen LogP contribution in [0.4, 0.5) is 8.78 Å². The molecule has 9 heteroatoms. The molecule has 1 aliphatic carbocycles. The number of carbonyl (C=O) groups is 1. The molecule has 0 bridgehead atoms. The summed E-state index contributed by atoms with van der Waals surface area (Å²) in [5.74, 6) is -1.57. The molecule has 2 aromatic carbocycles. The first-order valence-corrected chi connectivity index (χ1v) is 12.6. The van der Waals surface area contributed by atoms with Gasteiger partial charge in [0, 0.05) is 36.2 Å². The monoisotopic (exact) mass is 478 g/mol. The van der Waals surface area contributed by atoms with Gasteiger partial charge >= 0.3 is 0 Å². The molecule has 4 rings (SSSR count). The van der Waals surface area contributed by atoms with Crippen LogP contribution in [0.2, 0.25) is 0 Å². The summed E-state index contributed by atoms with van der Waals surface area (Å²) >= 11 is 0. The number of hydrogen-bond donors (Lipinski definition) is 1. The quantitative estimate of drug-likeness (QED) is 0.653. The van der Waals surface area contributed by atoms with E-state index in [0.29, 0.717) is 25.9 Å². The smallest absolute Gasteiger partial charge is 0.251 e. The van der Waals surface area contributed by atoms with Crippen molar-refractivity contribution < 1.29 is 26.7 Å². The Morgan fingerprint density at radius 3 is 2.30 bits per heavy atom. The van der Waals surface area contributed by atoms with Gasteiger partial charge < -0.3 is 10.1 Å². The van der Waals surface area contributed by atoms with Gasteiger partial charge in [0.15, 0.2) is 0 Å². The highest BCUT2D eigenvalue weighted by molar-refractivity contribution is 7.89. The number of benzene rings is 2. The van der Waals surface area contributed by atoms with E-state index in [9.17, 15) is 22.0 Å². The molecule has 2 fully saturated rings. The molecule has 0 atom stereocenters. The van der Waals surface area contributed by atoms with Crippen LogP contribution in [-0.2, 0) is 15.4 Å². The first-order chi connectivity index (χ1) is 15.8. The Bertz CT molecular complexity index is 1120. The number of nitrogens with zero attached hydrogens (tertiary/aromatic N) is 1. The normalized spacial score (nSPS) is 18.4. The molecule has 178 valence electrons. The number of amides is 1. The number of rotatable bonds is 7. The van der Waals surface area contributed by atoms with Crippen molar-refractivity contribution >= 4 is 15.9 Å². The Morgan fingerprint density at radius 1 is 1.06 bits per heavy atom. The van der Waals surface area contributed by atoms with E-state index in [1.54, 1.807) is 0 Å². The highest BCUT2D eigenvalue weighted by atomic mass is 32.2. The van der Waals surface area contributed by atoms with Crippen molar-refractivity contribution in [3.05, 3.63) is 59.2 Å². The molecular weight excluding hydrogens is 450 g/mol. The van der Waals surface area contributed by atoms with Crippen LogP contribution in [0.1, 0.15) is 54.4 Å². The van der Waals surface area contributed by atoms with Crippen molar-refractivity contribution in [2.45, 2.75) is 48.8 Å². The van der Waals surface area contributed by atoms with Crippen LogP contribution in [0.15, 0.2) is 41.3 Å². The van der Waals surface area contributed by atoms with Crippen LogP contribution in [0.5, 0.6) is 5.75 Å². The van der Waals surface area contributed by atoms with Crippen molar-refractivity contribution in [2.75, 3.05) is 26.7 Å². The fourth-order valence-electron chi connectivity index (χ4n) is 5.01. The Kier molecular flexibility index (Phi) is 6.72. The van der Waals surface area contributed by atoms with E-state index >= 15 is 0 Å². The second kappa shape index (κ2) is 9.38. The maximum Gasteiger partial charge on any atom is 0.251 e. The van der Waals surface area contributed by atoms with E-state index in [-0.39, 0.29) is 28.3 Å². The number of hydrogen-bond acceptors (Lipinski definition) is 4. The van der Waals surface area contributed by atoms with E-state index < -0.39 is 33.0 Å². The van der Waals surface area contributed by atoms with Crippen molar-refractivity contribution in [3.8, 4) is 5.75 Å². The van der Waals surface area contributed by atoms with E-state index in [4.69, 9.17) is 4.74 Å². The van der Waals surface area contributed by atoms with Crippen LogP contribution < -0.4 is 10.1 Å². The molecule has 2 aromatic rings. The maximum atomic E-state index is 14.6. The lowest BCUT2D eigenvalue weighted by atomic mass is 9.78. The number of halogens is 2. The summed E-state index contributed by atoms with van der Waals surface area (Å²) in [7, 11) is -2.43. The summed E-state index contributed by atoms with van der Waals surface area (Å²) in [6, 6.07) is 8.06. The van der Waals surface area contributed by atoms with Gasteiger partial charge in [-0.1, -0.05) is 18.9 Å². The summed E-state index contributed by atoms with van der Waals surface area (Å²) in [5, 5.41) is 2.80. The fourth-order valence-corrected chi connectivity index (χ4v) is 6.71. The second-order valence-corrected chi connectivity index (χ2v) is 10.6. The number of ether oxygens (including phenoxy) is 1. The molecule has 1 amide bonds. The third kappa shape index (κ3) is 4.48. The van der Waals surface area contributed by atoms with Crippen LogP contribution >= 0.6 is 0 Å². The molecule has 6 nitrogen and oxygen atoms in total. The van der Waals surface area contributed by atoms with E-state index in [2.05, 4.69) is 5.32 Å². The first kappa shape index (κ1) is 23.6. The summed E-state index contributed by atoms with van der Waals surface area (Å²) < 4.78 is 62.0. The third-order valence-corrected chi connectivity index (χ3v) is 8.67. The van der Waals surface area contributed by atoms with Gasteiger partial charge in [0.2, 0.25) is 10.0 Å². The fraction of sp³-hybridized carbons (Fsp3) is 0.458. The van der Waals surface area contributed by atoms with Crippen LogP contribution in [-0.4, -0.2) is 45.4 Å². The topological polar surface area (TPSA) is 75.7 Å². The van der Waals surface area contributed by atoms with Gasteiger partial charge in [0.1, 0.15) is 22.3 Å². The van der Waals surface area contributed by atoms with Gasteiger partial charge in [-0.2, -0.15) is 4.31 Å². The molecular formula is C24H28F2N2O4S. The standard InChI is InChI=1S/C24H28F2N2O4S/c1-32-20-10-9-17(15-21(20)33(30,31)28-13-4-5-14-28)23(29)27-16-24(11-2-3-12-24)22-18(25)7-6-8-19(22)26/h6-10,15H,2-5,11-14,16H2,1H3,(H,27,29). The number of carbonyl (C=O) groups excluding carboxylic acids is 1. The largest absolute Gasteiger partial charge is 0.495 e. The van der Waals surface area contributed by atoms with Crippen molar-refractivity contribution in [1.29, 1.82) is 0 Å². The minimum atomic E-state index is -3.81. The second-order valence-electron chi connectivity index (χ2n) is 8.74. The summed E-state index contributed by atoms with van der Waals surface area (Å²) in [5.41, 5.74) is -0.673. The molecule has 0 aromatic heterocycles. The van der Waals surface area contributed by atoms with Crippen molar-refractivity contribution in [2.24, 2.45) is 0 Å². The van der Waals surface area contributed by atoms with Crippen LogP contribution in [0.3, 0.4) is 0 Å². The minimum Gasteiger partial charge on any atom is -0.495 e. The lowest BCUT2D eigenvalue weighted by Gasteiger charge is -2.30. The average molecular weight is 479 g/mol. The summed E-state index contributed by atoms with van der Waals surface area (Å²) in [6.07, 6.45) is 4.31. The lowest BCUT2D eigenvalue weighted by Crippen LogP contribution is -2.40. The van der Waals surface area contributed by atoms with Crippen molar-refractivity contribution in [1.82, 2.24) is 9.62 Å².